The molecule has 2 unspecified atom stereocenters. The Hall–Kier alpha value is -2.86. The Morgan fingerprint density at radius 1 is 1.11 bits per heavy atom. The van der Waals surface area contributed by atoms with Crippen molar-refractivity contribution in [1.29, 1.82) is 0 Å². The number of carbonyl (C=O) groups is 3. The number of carbonyl (C=O) groups excluding carboxylic acids is 3. The van der Waals surface area contributed by atoms with Crippen LogP contribution in [0.3, 0.4) is 0 Å². The fraction of sp³-hybridized carbons (Fsp3) is 0.286. The Morgan fingerprint density at radius 2 is 1.75 bits per heavy atom. The van der Waals surface area contributed by atoms with Gasteiger partial charge in [0.25, 0.3) is 5.91 Å². The lowest BCUT2D eigenvalue weighted by Crippen LogP contribution is -2.47. The summed E-state index contributed by atoms with van der Waals surface area (Å²) in [5.74, 6) is -1.29. The minimum absolute atomic E-state index is 0.0813. The number of halogens is 1. The highest BCUT2D eigenvalue weighted by Crippen LogP contribution is 2.17. The Kier molecular flexibility index (Phi) is 7.18. The van der Waals surface area contributed by atoms with E-state index in [0.29, 0.717) is 33.8 Å². The molecular formula is C21H24ClN3O3. The molecule has 7 heteroatoms. The molecule has 0 aromatic heterocycles. The molecule has 148 valence electrons. The highest BCUT2D eigenvalue weighted by atomic mass is 35.5. The summed E-state index contributed by atoms with van der Waals surface area (Å²) in [7, 11) is 0. The van der Waals surface area contributed by atoms with E-state index >= 15 is 0 Å². The van der Waals surface area contributed by atoms with Gasteiger partial charge in [-0.05, 0) is 60.9 Å². The van der Waals surface area contributed by atoms with Gasteiger partial charge in [-0.2, -0.15) is 0 Å². The molecule has 0 aliphatic carbocycles. The molecule has 2 aromatic carbocycles. The molecule has 2 rings (SSSR count). The van der Waals surface area contributed by atoms with Gasteiger partial charge in [0.1, 0.15) is 6.04 Å². The molecule has 2 aromatic rings. The third-order valence-corrected chi connectivity index (χ3v) is 4.90. The smallest absolute Gasteiger partial charge is 0.251 e. The van der Waals surface area contributed by atoms with Crippen molar-refractivity contribution in [1.82, 2.24) is 5.32 Å². The van der Waals surface area contributed by atoms with Crippen molar-refractivity contribution in [3.05, 3.63) is 64.2 Å². The second kappa shape index (κ2) is 9.37. The van der Waals surface area contributed by atoms with Crippen molar-refractivity contribution in [3.63, 3.8) is 0 Å². The molecule has 0 spiro atoms. The van der Waals surface area contributed by atoms with Gasteiger partial charge >= 0.3 is 0 Å². The highest BCUT2D eigenvalue weighted by molar-refractivity contribution is 6.30. The van der Waals surface area contributed by atoms with E-state index in [1.165, 1.54) is 0 Å². The van der Waals surface area contributed by atoms with Crippen molar-refractivity contribution >= 4 is 35.0 Å². The molecule has 0 heterocycles. The molecule has 0 radical (unpaired) electrons. The summed E-state index contributed by atoms with van der Waals surface area (Å²) in [5, 5.41) is 6.13. The summed E-state index contributed by atoms with van der Waals surface area (Å²) in [4.78, 5) is 36.7. The number of hydrogen-bond acceptors (Lipinski definition) is 3. The number of hydrogen-bond donors (Lipinski definition) is 3. The average molecular weight is 402 g/mol. The minimum Gasteiger partial charge on any atom is -0.366 e. The second-order valence-corrected chi connectivity index (χ2v) is 7.16. The van der Waals surface area contributed by atoms with Crippen LogP contribution in [-0.4, -0.2) is 23.8 Å². The van der Waals surface area contributed by atoms with Crippen LogP contribution < -0.4 is 16.4 Å². The van der Waals surface area contributed by atoms with E-state index in [9.17, 15) is 14.4 Å². The lowest BCUT2D eigenvalue weighted by molar-refractivity contribution is -0.119. The summed E-state index contributed by atoms with van der Waals surface area (Å²) in [5.41, 5.74) is 7.32. The number of anilines is 1. The van der Waals surface area contributed by atoms with Gasteiger partial charge in [0, 0.05) is 21.8 Å². The van der Waals surface area contributed by atoms with Crippen LogP contribution in [0.2, 0.25) is 5.02 Å². The number of benzene rings is 2. The van der Waals surface area contributed by atoms with Crippen LogP contribution in [0.15, 0.2) is 42.5 Å². The molecule has 4 N–H and O–H groups in total. The van der Waals surface area contributed by atoms with Gasteiger partial charge in [0.15, 0.2) is 0 Å². The van der Waals surface area contributed by atoms with E-state index in [0.717, 1.165) is 0 Å². The standard InChI is InChI=1S/C21H24ClN3O3/c1-4-12(2)18(25-20(27)14-5-7-15(22)8-6-14)21(28)24-16-9-10-17(19(23)26)13(3)11-16/h5-12,18H,4H2,1-3H3,(H2,23,26)(H,24,28)(H,25,27). The predicted octanol–water partition coefficient (Wildman–Crippen LogP) is 3.53. The third kappa shape index (κ3) is 5.33. The zero-order valence-electron chi connectivity index (χ0n) is 16.1. The fourth-order valence-electron chi connectivity index (χ4n) is 2.77. The van der Waals surface area contributed by atoms with Crippen LogP contribution in [0.4, 0.5) is 5.69 Å². The minimum atomic E-state index is -0.718. The summed E-state index contributed by atoms with van der Waals surface area (Å²) >= 11 is 5.85. The van der Waals surface area contributed by atoms with Gasteiger partial charge in [-0.1, -0.05) is 31.9 Å². The van der Waals surface area contributed by atoms with Gasteiger partial charge in [-0.15, -0.1) is 0 Å². The number of amides is 3. The fourth-order valence-corrected chi connectivity index (χ4v) is 2.89. The maximum atomic E-state index is 12.8. The maximum absolute atomic E-state index is 12.8. The van der Waals surface area contributed by atoms with Crippen molar-refractivity contribution in [2.24, 2.45) is 11.7 Å². The quantitative estimate of drug-likeness (QED) is 0.661. The van der Waals surface area contributed by atoms with Crippen LogP contribution in [-0.2, 0) is 4.79 Å². The first-order valence-corrected chi connectivity index (χ1v) is 9.38. The molecule has 0 saturated carbocycles. The zero-order chi connectivity index (χ0) is 20.8. The van der Waals surface area contributed by atoms with Gasteiger partial charge < -0.3 is 16.4 Å². The predicted molar refractivity (Wildman–Crippen MR) is 110 cm³/mol. The van der Waals surface area contributed by atoms with Crippen molar-refractivity contribution in [3.8, 4) is 0 Å². The van der Waals surface area contributed by atoms with Crippen LogP contribution in [0.1, 0.15) is 46.5 Å². The Balaban J connectivity index is 2.17. The average Bonchev–Trinajstić information content (AvgIpc) is 2.65. The molecule has 3 amide bonds. The number of nitrogens with one attached hydrogen (secondary N) is 2. The molecule has 2 atom stereocenters. The number of nitrogens with two attached hydrogens (primary N) is 1. The number of rotatable bonds is 7. The SMILES string of the molecule is CCC(C)C(NC(=O)c1ccc(Cl)cc1)C(=O)Nc1ccc(C(N)=O)c(C)c1. The van der Waals surface area contributed by atoms with Gasteiger partial charge in [0.2, 0.25) is 11.8 Å². The molecule has 6 nitrogen and oxygen atoms in total. The summed E-state index contributed by atoms with van der Waals surface area (Å²) in [6, 6.07) is 10.6. The molecule has 0 fully saturated rings. The van der Waals surface area contributed by atoms with Gasteiger partial charge in [-0.3, -0.25) is 14.4 Å². The molecule has 0 aliphatic rings. The Labute approximate surface area is 169 Å². The topological polar surface area (TPSA) is 101 Å². The first-order chi connectivity index (χ1) is 13.2. The first-order valence-electron chi connectivity index (χ1n) is 9.00. The third-order valence-electron chi connectivity index (χ3n) is 4.65. The molecular weight excluding hydrogens is 378 g/mol. The maximum Gasteiger partial charge on any atom is 0.251 e. The number of primary amides is 1. The highest BCUT2D eigenvalue weighted by Gasteiger charge is 2.26. The molecule has 0 bridgehead atoms. The lowest BCUT2D eigenvalue weighted by Gasteiger charge is -2.24. The van der Waals surface area contributed by atoms with E-state index in [2.05, 4.69) is 10.6 Å². The summed E-state index contributed by atoms with van der Waals surface area (Å²) < 4.78 is 0. The molecule has 28 heavy (non-hydrogen) atoms. The summed E-state index contributed by atoms with van der Waals surface area (Å²) in [6.07, 6.45) is 0.707. The van der Waals surface area contributed by atoms with E-state index in [1.807, 2.05) is 13.8 Å². The van der Waals surface area contributed by atoms with E-state index in [4.69, 9.17) is 17.3 Å². The van der Waals surface area contributed by atoms with Crippen LogP contribution in [0, 0.1) is 12.8 Å². The van der Waals surface area contributed by atoms with Gasteiger partial charge in [-0.25, -0.2) is 0 Å². The lowest BCUT2D eigenvalue weighted by atomic mass is 9.97. The van der Waals surface area contributed by atoms with Gasteiger partial charge in [0.05, 0.1) is 0 Å². The normalized spacial score (nSPS) is 12.7. The zero-order valence-corrected chi connectivity index (χ0v) is 16.8. The largest absolute Gasteiger partial charge is 0.366 e. The van der Waals surface area contributed by atoms with E-state index in [-0.39, 0.29) is 17.7 Å². The second-order valence-electron chi connectivity index (χ2n) is 6.73. The first kappa shape index (κ1) is 21.4. The summed E-state index contributed by atoms with van der Waals surface area (Å²) in [6.45, 7) is 5.59. The Morgan fingerprint density at radius 3 is 2.29 bits per heavy atom. The molecule has 0 saturated heterocycles. The van der Waals surface area contributed by atoms with Crippen LogP contribution in [0.25, 0.3) is 0 Å². The Bertz CT molecular complexity index is 881. The van der Waals surface area contributed by atoms with Crippen LogP contribution in [0.5, 0.6) is 0 Å². The van der Waals surface area contributed by atoms with E-state index in [1.54, 1.807) is 49.4 Å². The van der Waals surface area contributed by atoms with Crippen molar-refractivity contribution in [2.75, 3.05) is 5.32 Å². The molecule has 0 aliphatic heterocycles. The van der Waals surface area contributed by atoms with E-state index < -0.39 is 11.9 Å². The monoisotopic (exact) mass is 401 g/mol. The van der Waals surface area contributed by atoms with Crippen LogP contribution >= 0.6 is 11.6 Å². The number of aryl methyl sites for hydroxylation is 1. The van der Waals surface area contributed by atoms with Crippen molar-refractivity contribution in [2.45, 2.75) is 33.2 Å². The van der Waals surface area contributed by atoms with Crippen molar-refractivity contribution < 1.29 is 14.4 Å².